The van der Waals surface area contributed by atoms with Gasteiger partial charge < -0.3 is 14.6 Å². The predicted molar refractivity (Wildman–Crippen MR) is 134 cm³/mol. The minimum atomic E-state index is -0.197. The first-order valence-corrected chi connectivity index (χ1v) is 12.7. The van der Waals surface area contributed by atoms with E-state index in [0.29, 0.717) is 17.1 Å². The number of phenols is 1. The van der Waals surface area contributed by atoms with Gasteiger partial charge in [-0.1, -0.05) is 58.9 Å². The minimum absolute atomic E-state index is 0.0520. The molecule has 0 bridgehead atoms. The number of ether oxygens (including phenoxy) is 1. The molecule has 6 atom stereocenters. The molecule has 178 valence electrons. The fourth-order valence-corrected chi connectivity index (χ4v) is 8.72. The van der Waals surface area contributed by atoms with Crippen molar-refractivity contribution in [3.8, 4) is 11.5 Å². The molecule has 33 heavy (non-hydrogen) atoms. The smallest absolute Gasteiger partial charge is 0.167 e. The number of methoxy groups -OCH3 is 1. The summed E-state index contributed by atoms with van der Waals surface area (Å²) in [6.45, 7) is 16.3. The lowest BCUT2D eigenvalue weighted by Gasteiger charge is -2.69. The van der Waals surface area contributed by atoms with Gasteiger partial charge in [-0.2, -0.15) is 0 Å². The fourth-order valence-electron chi connectivity index (χ4n) is 8.72. The zero-order valence-corrected chi connectivity index (χ0v) is 21.3. The highest BCUT2D eigenvalue weighted by Crippen LogP contribution is 2.74. The monoisotopic (exact) mass is 448 g/mol. The van der Waals surface area contributed by atoms with E-state index in [4.69, 9.17) is 4.74 Å². The molecule has 0 radical (unpaired) electrons. The number of rotatable bonds is 2. The molecular formula is C30H40O3. The van der Waals surface area contributed by atoms with Crippen LogP contribution in [0, 0.1) is 27.6 Å². The van der Waals surface area contributed by atoms with Crippen molar-refractivity contribution in [2.45, 2.75) is 85.0 Å². The summed E-state index contributed by atoms with van der Waals surface area (Å²) in [5, 5.41) is 12.6. The van der Waals surface area contributed by atoms with Crippen LogP contribution in [0.4, 0.5) is 0 Å². The Hall–Kier alpha value is -2.03. The van der Waals surface area contributed by atoms with Crippen molar-refractivity contribution in [2.75, 3.05) is 7.11 Å². The van der Waals surface area contributed by atoms with Gasteiger partial charge in [0.2, 0.25) is 0 Å². The second kappa shape index (κ2) is 6.77. The van der Waals surface area contributed by atoms with Crippen molar-refractivity contribution in [1.82, 2.24) is 0 Å². The Labute approximate surface area is 198 Å². The maximum atomic E-state index is 12.1. The maximum absolute atomic E-state index is 12.1. The molecule has 0 saturated heterocycles. The van der Waals surface area contributed by atoms with Crippen LogP contribution in [0.5, 0.6) is 11.5 Å². The van der Waals surface area contributed by atoms with Crippen molar-refractivity contribution in [1.29, 1.82) is 0 Å². The molecule has 6 unspecified atom stereocenters. The van der Waals surface area contributed by atoms with E-state index in [1.165, 1.54) is 30.3 Å². The molecule has 4 aliphatic rings. The van der Waals surface area contributed by atoms with Crippen LogP contribution in [-0.4, -0.2) is 18.5 Å². The summed E-state index contributed by atoms with van der Waals surface area (Å²) in [6, 6.07) is 1.93. The molecule has 0 aromatic heterocycles. The summed E-state index contributed by atoms with van der Waals surface area (Å²) in [4.78, 5) is 12.1. The Morgan fingerprint density at radius 2 is 1.73 bits per heavy atom. The van der Waals surface area contributed by atoms with Crippen LogP contribution in [0.1, 0.15) is 85.1 Å². The summed E-state index contributed by atoms with van der Waals surface area (Å²) in [7, 11) is 1.59. The molecule has 0 heterocycles. The van der Waals surface area contributed by atoms with E-state index >= 15 is 0 Å². The lowest BCUT2D eigenvalue weighted by molar-refractivity contribution is -0.161. The first-order valence-electron chi connectivity index (χ1n) is 12.7. The Balaban J connectivity index is 1.68. The molecule has 3 nitrogen and oxygen atoms in total. The largest absolute Gasteiger partial charge is 0.504 e. The molecular weight excluding hydrogens is 408 g/mol. The second-order valence-electron chi connectivity index (χ2n) is 12.9. The lowest BCUT2D eigenvalue weighted by Crippen LogP contribution is -2.62. The van der Waals surface area contributed by atoms with Crippen LogP contribution in [0.3, 0.4) is 0 Å². The number of hydrogen-bond donors (Lipinski definition) is 1. The number of carbonyl (C=O) groups is 1. The van der Waals surface area contributed by atoms with Gasteiger partial charge in [0.25, 0.3) is 0 Å². The van der Waals surface area contributed by atoms with E-state index in [0.717, 1.165) is 42.5 Å². The summed E-state index contributed by atoms with van der Waals surface area (Å²) < 4.78 is 5.45. The number of fused-ring (bicyclic) bond motifs is 7. The van der Waals surface area contributed by atoms with Gasteiger partial charge in [0, 0.05) is 16.0 Å². The van der Waals surface area contributed by atoms with Crippen LogP contribution in [-0.2, 0) is 10.2 Å². The number of aldehydes is 1. The van der Waals surface area contributed by atoms with E-state index in [-0.39, 0.29) is 27.4 Å². The molecule has 1 aromatic rings. The quantitative estimate of drug-likeness (QED) is 0.616. The molecule has 1 aromatic carbocycles. The summed E-state index contributed by atoms with van der Waals surface area (Å²) in [5.74, 6) is 1.19. The number of phenolic OH excluding ortho intramolecular Hbond substituents is 1. The van der Waals surface area contributed by atoms with Crippen LogP contribution >= 0.6 is 0 Å². The molecule has 0 aliphatic heterocycles. The minimum Gasteiger partial charge on any atom is -0.504 e. The number of carbonyl (C=O) groups excluding carboxylic acids is 1. The average Bonchev–Trinajstić information content (AvgIpc) is 2.78. The number of allylic oxidation sites excluding steroid dienone is 2. The first kappa shape index (κ1) is 22.7. The van der Waals surface area contributed by atoms with Gasteiger partial charge in [0.05, 0.1) is 7.11 Å². The SMILES string of the molecule is C=c1c(OC)c(O)cc2c1=CC=C1C2(C)CCC2(C)C3CC(C)(C=O)CCC3(C)CCC12C. The number of benzene rings is 1. The Kier molecular flexibility index (Phi) is 4.66. The molecule has 0 spiro atoms. The Morgan fingerprint density at radius 3 is 2.39 bits per heavy atom. The average molecular weight is 449 g/mol. The molecule has 1 N–H and O–H groups in total. The molecule has 5 rings (SSSR count). The number of aromatic hydroxyl groups is 1. The van der Waals surface area contributed by atoms with Gasteiger partial charge in [-0.05, 0) is 84.0 Å². The highest BCUT2D eigenvalue weighted by Gasteiger charge is 2.66. The van der Waals surface area contributed by atoms with E-state index in [1.54, 1.807) is 7.11 Å². The van der Waals surface area contributed by atoms with Crippen LogP contribution < -0.4 is 15.2 Å². The zero-order valence-electron chi connectivity index (χ0n) is 21.3. The van der Waals surface area contributed by atoms with Crippen molar-refractivity contribution in [3.05, 3.63) is 33.7 Å². The van der Waals surface area contributed by atoms with E-state index < -0.39 is 0 Å². The predicted octanol–water partition coefficient (Wildman–Crippen LogP) is 5.40. The van der Waals surface area contributed by atoms with E-state index in [1.807, 2.05) is 6.07 Å². The summed E-state index contributed by atoms with van der Waals surface area (Å²) >= 11 is 0. The zero-order chi connectivity index (χ0) is 24.0. The molecule has 3 heteroatoms. The topological polar surface area (TPSA) is 46.5 Å². The number of hydrogen-bond acceptors (Lipinski definition) is 3. The third-order valence-corrected chi connectivity index (χ3v) is 11.2. The van der Waals surface area contributed by atoms with Gasteiger partial charge in [-0.25, -0.2) is 0 Å². The van der Waals surface area contributed by atoms with Gasteiger partial charge in [0.15, 0.2) is 11.5 Å². The molecule has 3 fully saturated rings. The van der Waals surface area contributed by atoms with Crippen molar-refractivity contribution >= 4 is 18.9 Å². The van der Waals surface area contributed by atoms with Gasteiger partial charge in [0.1, 0.15) is 6.29 Å². The highest BCUT2D eigenvalue weighted by molar-refractivity contribution is 5.62. The fraction of sp³-hybridized carbons (Fsp3) is 0.633. The van der Waals surface area contributed by atoms with Crippen molar-refractivity contribution < 1.29 is 14.6 Å². The van der Waals surface area contributed by atoms with E-state index in [9.17, 15) is 9.90 Å². The first-order chi connectivity index (χ1) is 15.4. The highest BCUT2D eigenvalue weighted by atomic mass is 16.5. The van der Waals surface area contributed by atoms with Gasteiger partial charge >= 0.3 is 0 Å². The third kappa shape index (κ3) is 2.71. The summed E-state index contributed by atoms with van der Waals surface area (Å²) in [5.41, 5.74) is 2.86. The van der Waals surface area contributed by atoms with Crippen LogP contribution in [0.2, 0.25) is 0 Å². The van der Waals surface area contributed by atoms with Crippen LogP contribution in [0.15, 0.2) is 17.7 Å². The summed E-state index contributed by atoms with van der Waals surface area (Å²) in [6.07, 6.45) is 13.6. The van der Waals surface area contributed by atoms with Gasteiger partial charge in [-0.3, -0.25) is 0 Å². The lowest BCUT2D eigenvalue weighted by atomic mass is 9.35. The van der Waals surface area contributed by atoms with Crippen LogP contribution in [0.25, 0.3) is 12.7 Å². The van der Waals surface area contributed by atoms with E-state index in [2.05, 4.69) is 53.3 Å². The normalized spacial score (nSPS) is 43.7. The van der Waals surface area contributed by atoms with Gasteiger partial charge in [-0.15, -0.1) is 0 Å². The maximum Gasteiger partial charge on any atom is 0.167 e. The molecule has 4 aliphatic carbocycles. The van der Waals surface area contributed by atoms with Crippen molar-refractivity contribution in [2.24, 2.45) is 27.6 Å². The second-order valence-corrected chi connectivity index (χ2v) is 12.9. The molecule has 3 saturated carbocycles. The third-order valence-electron chi connectivity index (χ3n) is 11.2. The Morgan fingerprint density at radius 1 is 1.03 bits per heavy atom. The Bertz CT molecular complexity index is 1180. The standard InChI is InChI=1S/C30H40O3/c1-19-20-8-9-23-28(4,21(20)16-22(32)25(19)33-7)13-15-30(6)24-17-26(2,18-31)10-11-27(24,3)12-14-29(23,30)5/h8-9,16,18,24,32H,1,10-15,17H2,2-7H3. The molecule has 0 amide bonds. The van der Waals surface area contributed by atoms with Crippen molar-refractivity contribution in [3.63, 3.8) is 0 Å².